The number of nitrogens with zero attached hydrogens (tertiary/aromatic N) is 1. The van der Waals surface area contributed by atoms with Gasteiger partial charge in [0.15, 0.2) is 0 Å². The first-order chi connectivity index (χ1) is 7.95. The number of amides is 2. The lowest BCUT2D eigenvalue weighted by molar-refractivity contribution is -0.130. The lowest BCUT2D eigenvalue weighted by atomic mass is 10.1. The number of aliphatic hydroxyl groups is 2. The van der Waals surface area contributed by atoms with Crippen molar-refractivity contribution >= 4 is 11.8 Å². The highest BCUT2D eigenvalue weighted by Gasteiger charge is 2.35. The third-order valence-corrected chi connectivity index (χ3v) is 2.88. The second-order valence-electron chi connectivity index (χ2n) is 4.62. The Hall–Kier alpha value is -1.14. The van der Waals surface area contributed by atoms with E-state index >= 15 is 0 Å². The molecule has 6 heteroatoms. The van der Waals surface area contributed by atoms with Crippen LogP contribution in [0.1, 0.15) is 20.3 Å². The van der Waals surface area contributed by atoms with Crippen molar-refractivity contribution in [2.45, 2.75) is 32.4 Å². The summed E-state index contributed by atoms with van der Waals surface area (Å²) in [6.07, 6.45) is -0.726. The first-order valence-corrected chi connectivity index (χ1v) is 5.81. The van der Waals surface area contributed by atoms with Crippen LogP contribution >= 0.6 is 0 Å². The Labute approximate surface area is 101 Å². The van der Waals surface area contributed by atoms with Gasteiger partial charge in [-0.15, -0.1) is 0 Å². The Balaban J connectivity index is 2.42. The van der Waals surface area contributed by atoms with E-state index in [9.17, 15) is 9.59 Å². The van der Waals surface area contributed by atoms with Crippen molar-refractivity contribution in [2.24, 2.45) is 5.92 Å². The van der Waals surface area contributed by atoms with E-state index in [2.05, 4.69) is 5.32 Å². The van der Waals surface area contributed by atoms with Crippen molar-refractivity contribution in [3.8, 4) is 0 Å². The number of rotatable bonds is 5. The highest BCUT2D eigenvalue weighted by atomic mass is 16.3. The molecule has 0 spiro atoms. The summed E-state index contributed by atoms with van der Waals surface area (Å²) in [5.74, 6) is -0.604. The molecule has 2 unspecified atom stereocenters. The average Bonchev–Trinajstić information content (AvgIpc) is 2.67. The predicted octanol–water partition coefficient (Wildman–Crippen LogP) is -1.29. The quantitative estimate of drug-likeness (QED) is 0.561. The number of carbonyl (C=O) groups excluding carboxylic acids is 2. The van der Waals surface area contributed by atoms with Gasteiger partial charge in [-0.3, -0.25) is 9.59 Å². The number of carbonyl (C=O) groups is 2. The summed E-state index contributed by atoms with van der Waals surface area (Å²) in [6, 6.07) is 0.100. The summed E-state index contributed by atoms with van der Waals surface area (Å²) < 4.78 is 0. The van der Waals surface area contributed by atoms with Gasteiger partial charge in [-0.05, 0) is 13.8 Å². The molecule has 0 aliphatic carbocycles. The minimum absolute atomic E-state index is 0.0112. The molecule has 6 nitrogen and oxygen atoms in total. The van der Waals surface area contributed by atoms with Crippen molar-refractivity contribution < 1.29 is 19.8 Å². The molecule has 2 atom stereocenters. The van der Waals surface area contributed by atoms with Crippen LogP contribution in [0.15, 0.2) is 0 Å². The second-order valence-corrected chi connectivity index (χ2v) is 4.62. The third-order valence-electron chi connectivity index (χ3n) is 2.88. The number of hydrogen-bond acceptors (Lipinski definition) is 4. The van der Waals surface area contributed by atoms with Crippen LogP contribution in [-0.4, -0.2) is 58.8 Å². The Morgan fingerprint density at radius 1 is 1.59 bits per heavy atom. The lowest BCUT2D eigenvalue weighted by Crippen LogP contribution is -2.39. The molecule has 1 heterocycles. The van der Waals surface area contributed by atoms with E-state index in [1.165, 1.54) is 0 Å². The van der Waals surface area contributed by atoms with E-state index in [0.717, 1.165) is 0 Å². The average molecular weight is 244 g/mol. The van der Waals surface area contributed by atoms with Gasteiger partial charge in [0.25, 0.3) is 0 Å². The fraction of sp³-hybridized carbons (Fsp3) is 0.818. The first kappa shape index (κ1) is 13.9. The van der Waals surface area contributed by atoms with Gasteiger partial charge in [-0.2, -0.15) is 0 Å². The highest BCUT2D eigenvalue weighted by molar-refractivity contribution is 5.89. The van der Waals surface area contributed by atoms with Crippen LogP contribution in [0.25, 0.3) is 0 Å². The standard InChI is InChI=1S/C11H20N2O4/c1-7(2)13-5-8(3-10(13)16)11(17)12-4-9(15)6-14/h7-9,14-15H,3-6H2,1-2H3,(H,12,17). The smallest absolute Gasteiger partial charge is 0.225 e. The molecule has 2 amide bonds. The molecule has 1 rings (SSSR count). The molecule has 1 saturated heterocycles. The van der Waals surface area contributed by atoms with E-state index in [4.69, 9.17) is 10.2 Å². The molecule has 1 fully saturated rings. The summed E-state index contributed by atoms with van der Waals surface area (Å²) in [7, 11) is 0. The van der Waals surface area contributed by atoms with Gasteiger partial charge in [-0.25, -0.2) is 0 Å². The number of aliphatic hydroxyl groups excluding tert-OH is 2. The molecule has 0 bridgehead atoms. The molecule has 1 aliphatic heterocycles. The summed E-state index contributed by atoms with van der Waals surface area (Å²) >= 11 is 0. The fourth-order valence-electron chi connectivity index (χ4n) is 1.83. The van der Waals surface area contributed by atoms with E-state index in [1.807, 2.05) is 13.8 Å². The Morgan fingerprint density at radius 2 is 2.24 bits per heavy atom. The molecule has 0 aromatic rings. The van der Waals surface area contributed by atoms with Crippen LogP contribution in [0, 0.1) is 5.92 Å². The Kier molecular flexibility index (Phi) is 4.89. The van der Waals surface area contributed by atoms with E-state index in [1.54, 1.807) is 4.90 Å². The van der Waals surface area contributed by atoms with Gasteiger partial charge >= 0.3 is 0 Å². The van der Waals surface area contributed by atoms with Gasteiger partial charge in [0.2, 0.25) is 11.8 Å². The molecule has 0 saturated carbocycles. The molecule has 3 N–H and O–H groups in total. The summed E-state index contributed by atoms with van der Waals surface area (Å²) in [5, 5.41) is 20.2. The largest absolute Gasteiger partial charge is 0.394 e. The highest BCUT2D eigenvalue weighted by Crippen LogP contribution is 2.19. The number of hydrogen-bond donors (Lipinski definition) is 3. The van der Waals surface area contributed by atoms with Crippen LogP contribution in [0.4, 0.5) is 0 Å². The van der Waals surface area contributed by atoms with Crippen LogP contribution in [0.5, 0.6) is 0 Å². The topological polar surface area (TPSA) is 89.9 Å². The van der Waals surface area contributed by atoms with Crippen molar-refractivity contribution in [3.63, 3.8) is 0 Å². The zero-order valence-electron chi connectivity index (χ0n) is 10.2. The monoisotopic (exact) mass is 244 g/mol. The lowest BCUT2D eigenvalue weighted by Gasteiger charge is -2.20. The van der Waals surface area contributed by atoms with Crippen LogP contribution in [0.3, 0.4) is 0 Å². The van der Waals surface area contributed by atoms with E-state index < -0.39 is 6.10 Å². The first-order valence-electron chi connectivity index (χ1n) is 5.81. The molecule has 0 radical (unpaired) electrons. The fourth-order valence-corrected chi connectivity index (χ4v) is 1.83. The zero-order chi connectivity index (χ0) is 13.0. The van der Waals surface area contributed by atoms with Gasteiger partial charge in [0, 0.05) is 25.6 Å². The Bertz CT molecular complexity index is 293. The molecule has 0 aromatic heterocycles. The molecule has 98 valence electrons. The summed E-state index contributed by atoms with van der Waals surface area (Å²) in [5.41, 5.74) is 0. The van der Waals surface area contributed by atoms with Crippen molar-refractivity contribution in [2.75, 3.05) is 19.7 Å². The summed E-state index contributed by atoms with van der Waals surface area (Å²) in [4.78, 5) is 25.0. The van der Waals surface area contributed by atoms with Gasteiger partial charge in [-0.1, -0.05) is 0 Å². The number of likely N-dealkylation sites (tertiary alicyclic amines) is 1. The van der Waals surface area contributed by atoms with Gasteiger partial charge in [0.1, 0.15) is 0 Å². The maximum Gasteiger partial charge on any atom is 0.225 e. The maximum atomic E-state index is 11.7. The van der Waals surface area contributed by atoms with E-state index in [-0.39, 0.29) is 43.3 Å². The molecule has 1 aliphatic rings. The van der Waals surface area contributed by atoms with Gasteiger partial charge < -0.3 is 20.4 Å². The molecule has 0 aromatic carbocycles. The molecule has 17 heavy (non-hydrogen) atoms. The summed E-state index contributed by atoms with van der Waals surface area (Å²) in [6.45, 7) is 3.88. The van der Waals surface area contributed by atoms with Gasteiger partial charge in [0.05, 0.1) is 18.6 Å². The zero-order valence-corrected chi connectivity index (χ0v) is 10.2. The van der Waals surface area contributed by atoms with Crippen molar-refractivity contribution in [1.29, 1.82) is 0 Å². The van der Waals surface area contributed by atoms with Crippen molar-refractivity contribution in [1.82, 2.24) is 10.2 Å². The number of nitrogens with one attached hydrogen (secondary N) is 1. The molecular weight excluding hydrogens is 224 g/mol. The van der Waals surface area contributed by atoms with Crippen molar-refractivity contribution in [3.05, 3.63) is 0 Å². The van der Waals surface area contributed by atoms with E-state index in [0.29, 0.717) is 6.54 Å². The normalized spacial score (nSPS) is 22.1. The van der Waals surface area contributed by atoms with Crippen LogP contribution in [0.2, 0.25) is 0 Å². The predicted molar refractivity (Wildman–Crippen MR) is 61.1 cm³/mol. The Morgan fingerprint density at radius 3 is 2.71 bits per heavy atom. The SMILES string of the molecule is CC(C)N1CC(C(=O)NCC(O)CO)CC1=O. The van der Waals surface area contributed by atoms with Crippen LogP contribution in [-0.2, 0) is 9.59 Å². The third kappa shape index (κ3) is 3.67. The minimum Gasteiger partial charge on any atom is -0.394 e. The maximum absolute atomic E-state index is 11.7. The second kappa shape index (κ2) is 5.97. The molecular formula is C11H20N2O4. The van der Waals surface area contributed by atoms with Crippen LogP contribution < -0.4 is 5.32 Å². The minimum atomic E-state index is -0.947.